The second-order valence-electron chi connectivity index (χ2n) is 4.12. The van der Waals surface area contributed by atoms with Crippen LogP contribution >= 0.6 is 0 Å². The highest BCUT2D eigenvalue weighted by Crippen LogP contribution is 2.28. The van der Waals surface area contributed by atoms with Gasteiger partial charge in [-0.1, -0.05) is 23.8 Å². The molecule has 1 fully saturated rings. The Morgan fingerprint density at radius 2 is 1.94 bits per heavy atom. The quantitative estimate of drug-likeness (QED) is 0.752. The Morgan fingerprint density at radius 3 is 2.50 bits per heavy atom. The summed E-state index contributed by atoms with van der Waals surface area (Å²) in [6.45, 7) is 0. The highest BCUT2D eigenvalue weighted by molar-refractivity contribution is 5.60. The molecule has 80 valence electrons. The van der Waals surface area contributed by atoms with Gasteiger partial charge in [0, 0.05) is 5.56 Å². The van der Waals surface area contributed by atoms with E-state index < -0.39 is 0 Å². The Labute approximate surface area is 94.6 Å². The zero-order valence-corrected chi connectivity index (χ0v) is 9.02. The van der Waals surface area contributed by atoms with Gasteiger partial charge >= 0.3 is 0 Å². The molecule has 0 spiro atoms. The van der Waals surface area contributed by atoms with E-state index in [-0.39, 0.29) is 0 Å². The fourth-order valence-electron chi connectivity index (χ4n) is 1.85. The van der Waals surface area contributed by atoms with Gasteiger partial charge in [-0.25, -0.2) is 4.98 Å². The van der Waals surface area contributed by atoms with Crippen LogP contribution in [0, 0.1) is 0 Å². The van der Waals surface area contributed by atoms with Crippen LogP contribution in [0.15, 0.2) is 46.7 Å². The molecule has 0 N–H and O–H groups in total. The molecule has 1 aliphatic rings. The first-order chi connectivity index (χ1) is 7.92. The van der Waals surface area contributed by atoms with Crippen molar-refractivity contribution in [2.45, 2.75) is 19.3 Å². The minimum absolute atomic E-state index is 0.683. The molecule has 2 heteroatoms. The van der Waals surface area contributed by atoms with Crippen LogP contribution in [0.25, 0.3) is 17.5 Å². The lowest BCUT2D eigenvalue weighted by Crippen LogP contribution is -1.95. The van der Waals surface area contributed by atoms with Crippen LogP contribution in [0.5, 0.6) is 0 Å². The number of benzene rings is 1. The van der Waals surface area contributed by atoms with Gasteiger partial charge in [0.15, 0.2) is 0 Å². The second kappa shape index (κ2) is 3.97. The standard InChI is InChI=1S/C14H13NO/c1-2-11(3-1)10-12-4-6-13(7-5-12)14-15-8-9-16-14/h4-10H,1-3H2. The Bertz CT molecular complexity index is 488. The van der Waals surface area contributed by atoms with Gasteiger partial charge in [0.25, 0.3) is 0 Å². The molecule has 1 aromatic heterocycles. The van der Waals surface area contributed by atoms with Crippen LogP contribution in [-0.4, -0.2) is 4.98 Å². The fraction of sp³-hybridized carbons (Fsp3) is 0.214. The molecule has 0 unspecified atom stereocenters. The van der Waals surface area contributed by atoms with Crippen molar-refractivity contribution in [1.82, 2.24) is 4.98 Å². The highest BCUT2D eigenvalue weighted by atomic mass is 16.3. The summed E-state index contributed by atoms with van der Waals surface area (Å²) in [4.78, 5) is 4.12. The monoisotopic (exact) mass is 211 g/mol. The molecule has 1 aliphatic carbocycles. The van der Waals surface area contributed by atoms with Gasteiger partial charge in [-0.2, -0.15) is 0 Å². The number of hydrogen-bond donors (Lipinski definition) is 0. The zero-order valence-electron chi connectivity index (χ0n) is 9.02. The van der Waals surface area contributed by atoms with E-state index in [2.05, 4.69) is 35.3 Å². The van der Waals surface area contributed by atoms with Crippen molar-refractivity contribution in [3.8, 4) is 11.5 Å². The maximum atomic E-state index is 5.25. The lowest BCUT2D eigenvalue weighted by Gasteiger charge is -2.15. The Kier molecular flexibility index (Phi) is 2.33. The molecule has 1 aromatic carbocycles. The van der Waals surface area contributed by atoms with Crippen molar-refractivity contribution in [3.05, 3.63) is 47.9 Å². The third-order valence-corrected chi connectivity index (χ3v) is 2.96. The van der Waals surface area contributed by atoms with Gasteiger partial charge in [-0.3, -0.25) is 0 Å². The van der Waals surface area contributed by atoms with Gasteiger partial charge in [-0.15, -0.1) is 0 Å². The van der Waals surface area contributed by atoms with Gasteiger partial charge in [0.2, 0.25) is 5.89 Å². The van der Waals surface area contributed by atoms with Crippen LogP contribution in [0.4, 0.5) is 0 Å². The summed E-state index contributed by atoms with van der Waals surface area (Å²) in [5.41, 5.74) is 3.86. The summed E-state index contributed by atoms with van der Waals surface area (Å²) >= 11 is 0. The Morgan fingerprint density at radius 1 is 1.12 bits per heavy atom. The molecule has 0 saturated heterocycles. The molecule has 0 aliphatic heterocycles. The van der Waals surface area contributed by atoms with Crippen molar-refractivity contribution in [2.75, 3.05) is 0 Å². The van der Waals surface area contributed by atoms with Crippen molar-refractivity contribution < 1.29 is 4.42 Å². The predicted molar refractivity (Wildman–Crippen MR) is 63.8 cm³/mol. The number of nitrogens with zero attached hydrogens (tertiary/aromatic N) is 1. The summed E-state index contributed by atoms with van der Waals surface area (Å²) in [5.74, 6) is 0.683. The molecule has 1 saturated carbocycles. The van der Waals surface area contributed by atoms with Crippen molar-refractivity contribution in [3.63, 3.8) is 0 Å². The fourth-order valence-corrected chi connectivity index (χ4v) is 1.85. The van der Waals surface area contributed by atoms with E-state index in [1.807, 2.05) is 0 Å². The number of rotatable bonds is 2. The molecular formula is C14H13NO. The lowest BCUT2D eigenvalue weighted by atomic mass is 9.90. The highest BCUT2D eigenvalue weighted by Gasteiger charge is 2.08. The summed E-state index contributed by atoms with van der Waals surface area (Å²) in [6, 6.07) is 8.34. The first kappa shape index (κ1) is 9.40. The van der Waals surface area contributed by atoms with Gasteiger partial charge in [-0.05, 0) is 37.0 Å². The lowest BCUT2D eigenvalue weighted by molar-refractivity contribution is 0.574. The SMILES string of the molecule is C(=C1CCC1)c1ccc(-c2ncco2)cc1. The minimum atomic E-state index is 0.683. The molecule has 3 rings (SSSR count). The van der Waals surface area contributed by atoms with Crippen LogP contribution in [0.3, 0.4) is 0 Å². The summed E-state index contributed by atoms with van der Waals surface area (Å²) < 4.78 is 5.25. The largest absolute Gasteiger partial charge is 0.445 e. The van der Waals surface area contributed by atoms with Crippen LogP contribution < -0.4 is 0 Å². The van der Waals surface area contributed by atoms with Crippen LogP contribution in [0.2, 0.25) is 0 Å². The third-order valence-electron chi connectivity index (χ3n) is 2.96. The normalized spacial score (nSPS) is 14.6. The zero-order chi connectivity index (χ0) is 10.8. The first-order valence-corrected chi connectivity index (χ1v) is 5.61. The van der Waals surface area contributed by atoms with Crippen molar-refractivity contribution in [2.24, 2.45) is 0 Å². The van der Waals surface area contributed by atoms with Crippen molar-refractivity contribution >= 4 is 6.08 Å². The van der Waals surface area contributed by atoms with E-state index >= 15 is 0 Å². The average Bonchev–Trinajstić information content (AvgIpc) is 2.78. The Hall–Kier alpha value is -1.83. The topological polar surface area (TPSA) is 26.0 Å². The molecule has 2 nitrogen and oxygen atoms in total. The van der Waals surface area contributed by atoms with E-state index in [1.165, 1.54) is 24.8 Å². The molecular weight excluding hydrogens is 198 g/mol. The summed E-state index contributed by atoms with van der Waals surface area (Å²) in [6.07, 6.45) is 9.42. The van der Waals surface area contributed by atoms with Gasteiger partial charge < -0.3 is 4.42 Å². The second-order valence-corrected chi connectivity index (χ2v) is 4.12. The van der Waals surface area contributed by atoms with Gasteiger partial charge in [0.05, 0.1) is 6.20 Å². The number of oxazole rings is 1. The molecule has 1 heterocycles. The minimum Gasteiger partial charge on any atom is -0.445 e. The molecule has 0 atom stereocenters. The number of hydrogen-bond acceptors (Lipinski definition) is 2. The number of allylic oxidation sites excluding steroid dienone is 1. The van der Waals surface area contributed by atoms with E-state index in [1.54, 1.807) is 18.0 Å². The smallest absolute Gasteiger partial charge is 0.225 e. The van der Waals surface area contributed by atoms with E-state index in [9.17, 15) is 0 Å². The molecule has 2 aromatic rings. The van der Waals surface area contributed by atoms with Crippen LogP contribution in [0.1, 0.15) is 24.8 Å². The average molecular weight is 211 g/mol. The third kappa shape index (κ3) is 1.78. The molecule has 0 bridgehead atoms. The van der Waals surface area contributed by atoms with E-state index in [0.717, 1.165) is 5.56 Å². The van der Waals surface area contributed by atoms with Crippen molar-refractivity contribution in [1.29, 1.82) is 0 Å². The summed E-state index contributed by atoms with van der Waals surface area (Å²) in [7, 11) is 0. The van der Waals surface area contributed by atoms with Gasteiger partial charge in [0.1, 0.15) is 6.26 Å². The maximum Gasteiger partial charge on any atom is 0.225 e. The first-order valence-electron chi connectivity index (χ1n) is 5.61. The van der Waals surface area contributed by atoms with E-state index in [4.69, 9.17) is 4.42 Å². The van der Waals surface area contributed by atoms with Crippen LogP contribution in [-0.2, 0) is 0 Å². The van der Waals surface area contributed by atoms with E-state index in [0.29, 0.717) is 5.89 Å². The molecule has 16 heavy (non-hydrogen) atoms. The summed E-state index contributed by atoms with van der Waals surface area (Å²) in [5, 5.41) is 0. The number of aromatic nitrogens is 1. The Balaban J connectivity index is 1.85. The molecule has 0 radical (unpaired) electrons. The maximum absolute atomic E-state index is 5.25. The predicted octanol–water partition coefficient (Wildman–Crippen LogP) is 3.91. The molecule has 0 amide bonds.